The lowest BCUT2D eigenvalue weighted by Gasteiger charge is -2.25. The van der Waals surface area contributed by atoms with Crippen LogP contribution in [0.5, 0.6) is 0 Å². The summed E-state index contributed by atoms with van der Waals surface area (Å²) in [5.41, 5.74) is 1.04. The molecule has 2 rings (SSSR count). The summed E-state index contributed by atoms with van der Waals surface area (Å²) in [6.07, 6.45) is 0. The molecule has 0 bridgehead atoms. The van der Waals surface area contributed by atoms with Gasteiger partial charge in [0.15, 0.2) is 0 Å². The average molecular weight is 344 g/mol. The molecule has 1 N–H and O–H groups in total. The van der Waals surface area contributed by atoms with E-state index in [0.29, 0.717) is 24.2 Å². The summed E-state index contributed by atoms with van der Waals surface area (Å²) >= 11 is 0. The van der Waals surface area contributed by atoms with Gasteiger partial charge in [0.05, 0.1) is 5.56 Å². The van der Waals surface area contributed by atoms with Crippen molar-refractivity contribution in [3.8, 4) is 0 Å². The van der Waals surface area contributed by atoms with Crippen molar-refractivity contribution in [1.29, 1.82) is 0 Å². The van der Waals surface area contributed by atoms with Gasteiger partial charge in [-0.3, -0.25) is 4.79 Å². The molecule has 5 nitrogen and oxygen atoms in total. The largest absolute Gasteiger partial charge is 0.478 e. The van der Waals surface area contributed by atoms with Crippen molar-refractivity contribution in [2.24, 2.45) is 0 Å². The zero-order valence-corrected chi connectivity index (χ0v) is 14.3. The molecule has 0 heterocycles. The van der Waals surface area contributed by atoms with Crippen molar-refractivity contribution in [3.05, 3.63) is 71.0 Å². The maximum atomic E-state index is 13.4. The Morgan fingerprint density at radius 2 is 1.68 bits per heavy atom. The van der Waals surface area contributed by atoms with E-state index in [-0.39, 0.29) is 23.8 Å². The third-order valence-corrected chi connectivity index (χ3v) is 3.72. The van der Waals surface area contributed by atoms with Gasteiger partial charge in [0.1, 0.15) is 5.82 Å². The van der Waals surface area contributed by atoms with E-state index in [4.69, 9.17) is 5.11 Å². The lowest BCUT2D eigenvalue weighted by atomic mass is 10.1. The van der Waals surface area contributed by atoms with Gasteiger partial charge in [0, 0.05) is 25.2 Å². The minimum atomic E-state index is -1.08. The number of carboxylic acid groups (broad SMARTS) is 1. The van der Waals surface area contributed by atoms with Gasteiger partial charge in [-0.2, -0.15) is 0 Å². The number of hydrogen-bond donors (Lipinski definition) is 1. The van der Waals surface area contributed by atoms with Gasteiger partial charge in [0.25, 0.3) is 5.91 Å². The van der Waals surface area contributed by atoms with Gasteiger partial charge in [-0.15, -0.1) is 0 Å². The second kappa shape index (κ2) is 8.39. The van der Waals surface area contributed by atoms with Crippen LogP contribution in [0.4, 0.5) is 4.39 Å². The van der Waals surface area contributed by atoms with E-state index in [1.54, 1.807) is 29.2 Å². The molecule has 2 aromatic rings. The first-order valence-corrected chi connectivity index (χ1v) is 7.88. The Labute approximate surface area is 146 Å². The number of carbonyl (C=O) groups is 2. The van der Waals surface area contributed by atoms with Crippen LogP contribution in [0.2, 0.25) is 0 Å². The number of rotatable bonds is 7. The quantitative estimate of drug-likeness (QED) is 0.839. The van der Waals surface area contributed by atoms with Crippen molar-refractivity contribution in [3.63, 3.8) is 0 Å². The van der Waals surface area contributed by atoms with Crippen molar-refractivity contribution >= 4 is 11.9 Å². The van der Waals surface area contributed by atoms with Gasteiger partial charge in [-0.25, -0.2) is 9.18 Å². The van der Waals surface area contributed by atoms with E-state index >= 15 is 0 Å². The van der Waals surface area contributed by atoms with Crippen LogP contribution in [0, 0.1) is 5.82 Å². The number of halogens is 1. The summed E-state index contributed by atoms with van der Waals surface area (Å²) in [6.45, 7) is 1.33. The minimum absolute atomic E-state index is 0.0594. The van der Waals surface area contributed by atoms with E-state index in [0.717, 1.165) is 0 Å². The first-order chi connectivity index (χ1) is 11.9. The molecule has 0 aliphatic heterocycles. The van der Waals surface area contributed by atoms with Crippen LogP contribution in [0.1, 0.15) is 26.3 Å². The highest BCUT2D eigenvalue weighted by Crippen LogP contribution is 2.13. The van der Waals surface area contributed by atoms with Crippen molar-refractivity contribution < 1.29 is 19.1 Å². The van der Waals surface area contributed by atoms with Crippen molar-refractivity contribution in [2.45, 2.75) is 6.54 Å². The van der Waals surface area contributed by atoms with E-state index in [9.17, 15) is 14.0 Å². The average Bonchev–Trinajstić information content (AvgIpc) is 2.58. The van der Waals surface area contributed by atoms with Crippen LogP contribution in [-0.4, -0.2) is 54.0 Å². The molecule has 0 aliphatic carbocycles. The predicted octanol–water partition coefficient (Wildman–Crippen LogP) is 2.73. The maximum Gasteiger partial charge on any atom is 0.335 e. The molecule has 2 aromatic carbocycles. The molecule has 132 valence electrons. The van der Waals surface area contributed by atoms with Crippen LogP contribution < -0.4 is 0 Å². The Balaban J connectivity index is 2.25. The topological polar surface area (TPSA) is 60.9 Å². The first-order valence-electron chi connectivity index (χ1n) is 7.88. The Kier molecular flexibility index (Phi) is 6.25. The van der Waals surface area contributed by atoms with Gasteiger partial charge in [0.2, 0.25) is 0 Å². The number of hydrogen-bond acceptors (Lipinski definition) is 3. The van der Waals surface area contributed by atoms with Crippen LogP contribution in [0.25, 0.3) is 0 Å². The maximum absolute atomic E-state index is 13.4. The molecule has 1 amide bonds. The second-order valence-corrected chi connectivity index (χ2v) is 6.05. The zero-order chi connectivity index (χ0) is 18.4. The molecule has 0 radical (unpaired) electrons. The fourth-order valence-electron chi connectivity index (χ4n) is 2.40. The van der Waals surface area contributed by atoms with E-state index in [1.807, 2.05) is 19.0 Å². The number of nitrogens with zero attached hydrogens (tertiary/aromatic N) is 2. The lowest BCUT2D eigenvalue weighted by Crippen LogP contribution is -2.36. The summed E-state index contributed by atoms with van der Waals surface area (Å²) in [5, 5.41) is 9.10. The van der Waals surface area contributed by atoms with Crippen molar-refractivity contribution in [1.82, 2.24) is 9.80 Å². The Hall–Kier alpha value is -2.73. The number of benzene rings is 2. The molecule has 0 atom stereocenters. The van der Waals surface area contributed by atoms with Gasteiger partial charge in [-0.1, -0.05) is 18.2 Å². The molecular formula is C19H21FN2O3. The molecule has 25 heavy (non-hydrogen) atoms. The summed E-state index contributed by atoms with van der Waals surface area (Å²) in [4.78, 5) is 27.5. The lowest BCUT2D eigenvalue weighted by molar-refractivity contribution is 0.0697. The number of amides is 1. The third kappa shape index (κ3) is 5.39. The van der Waals surface area contributed by atoms with Crippen LogP contribution in [0.3, 0.4) is 0 Å². The highest BCUT2D eigenvalue weighted by Gasteiger charge is 2.18. The minimum Gasteiger partial charge on any atom is -0.478 e. The molecule has 0 spiro atoms. The third-order valence-electron chi connectivity index (χ3n) is 3.72. The fraction of sp³-hybridized carbons (Fsp3) is 0.263. The number of carboxylic acids is 1. The molecule has 0 aromatic heterocycles. The van der Waals surface area contributed by atoms with Gasteiger partial charge in [-0.05, 0) is 50.0 Å². The normalized spacial score (nSPS) is 10.7. The first kappa shape index (κ1) is 18.6. The summed E-state index contributed by atoms with van der Waals surface area (Å²) in [7, 11) is 3.80. The van der Waals surface area contributed by atoms with E-state index in [2.05, 4.69) is 0 Å². The SMILES string of the molecule is CN(C)CCN(Cc1cccc(F)c1)C(=O)c1cccc(C(=O)O)c1. The predicted molar refractivity (Wildman–Crippen MR) is 93.1 cm³/mol. The van der Waals surface area contributed by atoms with Gasteiger partial charge < -0.3 is 14.9 Å². The Morgan fingerprint density at radius 1 is 1.00 bits per heavy atom. The Bertz CT molecular complexity index is 762. The smallest absolute Gasteiger partial charge is 0.335 e. The van der Waals surface area contributed by atoms with Crippen LogP contribution in [-0.2, 0) is 6.54 Å². The van der Waals surface area contributed by atoms with Crippen LogP contribution >= 0.6 is 0 Å². The summed E-state index contributed by atoms with van der Waals surface area (Å²) in [5.74, 6) is -1.72. The molecule has 0 aliphatic rings. The van der Waals surface area contributed by atoms with Crippen molar-refractivity contribution in [2.75, 3.05) is 27.2 Å². The highest BCUT2D eigenvalue weighted by molar-refractivity contribution is 5.97. The number of aromatic carboxylic acids is 1. The zero-order valence-electron chi connectivity index (χ0n) is 14.3. The number of likely N-dealkylation sites (N-methyl/N-ethyl adjacent to an activating group) is 1. The summed E-state index contributed by atoms with van der Waals surface area (Å²) in [6, 6.07) is 12.0. The monoisotopic (exact) mass is 344 g/mol. The summed E-state index contributed by atoms with van der Waals surface area (Å²) < 4.78 is 13.4. The van der Waals surface area contributed by atoms with E-state index < -0.39 is 5.97 Å². The molecule has 0 saturated carbocycles. The Morgan fingerprint density at radius 3 is 2.32 bits per heavy atom. The van der Waals surface area contributed by atoms with Gasteiger partial charge >= 0.3 is 5.97 Å². The molecule has 0 fully saturated rings. The number of carbonyl (C=O) groups excluding carboxylic acids is 1. The van der Waals surface area contributed by atoms with Crippen LogP contribution in [0.15, 0.2) is 48.5 Å². The fourth-order valence-corrected chi connectivity index (χ4v) is 2.40. The molecule has 0 saturated heterocycles. The molecule has 0 unspecified atom stereocenters. The standard InChI is InChI=1S/C19H21FN2O3/c1-21(2)9-10-22(13-14-5-3-8-17(20)11-14)18(23)15-6-4-7-16(12-15)19(24)25/h3-8,11-12H,9-10,13H2,1-2H3,(H,24,25). The second-order valence-electron chi connectivity index (χ2n) is 6.05. The highest BCUT2D eigenvalue weighted by atomic mass is 19.1. The molecular weight excluding hydrogens is 323 g/mol. The molecule has 6 heteroatoms. The van der Waals surface area contributed by atoms with E-state index in [1.165, 1.54) is 24.3 Å².